The van der Waals surface area contributed by atoms with Crippen LogP contribution >= 0.6 is 27.5 Å². The molecule has 2 N–H and O–H groups in total. The van der Waals surface area contributed by atoms with Crippen LogP contribution in [0.2, 0.25) is 5.02 Å². The number of carbonyl (C=O) groups excluding carboxylic acids is 1. The largest absolute Gasteiger partial charge is 0.490 e. The van der Waals surface area contributed by atoms with Crippen LogP contribution in [-0.2, 0) is 9.59 Å². The number of nitrogens with one attached hydrogen (secondary N) is 1. The third kappa shape index (κ3) is 6.52. The van der Waals surface area contributed by atoms with Gasteiger partial charge in [-0.15, -0.1) is 0 Å². The Balaban J connectivity index is 2.31. The Morgan fingerprint density at radius 2 is 1.97 bits per heavy atom. The summed E-state index contributed by atoms with van der Waals surface area (Å²) in [5.41, 5.74) is 0.855. The maximum absolute atomic E-state index is 12.4. The van der Waals surface area contributed by atoms with Crippen LogP contribution in [0.1, 0.15) is 12.5 Å². The van der Waals surface area contributed by atoms with Crippen molar-refractivity contribution in [2.75, 3.05) is 18.5 Å². The number of amides is 1. The molecule has 2 aromatic carbocycles. The highest BCUT2D eigenvalue weighted by Crippen LogP contribution is 2.37. The fraction of sp³-hybridized carbons (Fsp3) is 0.150. The number of nitrogens with zero attached hydrogens (tertiary/aromatic N) is 1. The van der Waals surface area contributed by atoms with Crippen LogP contribution in [-0.4, -0.2) is 30.2 Å². The number of ether oxygens (including phenoxy) is 2. The minimum atomic E-state index is -1.13. The van der Waals surface area contributed by atoms with E-state index < -0.39 is 18.5 Å². The maximum Gasteiger partial charge on any atom is 0.341 e. The molecule has 29 heavy (non-hydrogen) atoms. The van der Waals surface area contributed by atoms with Crippen molar-refractivity contribution in [1.29, 1.82) is 5.26 Å². The Morgan fingerprint density at radius 3 is 2.55 bits per heavy atom. The van der Waals surface area contributed by atoms with Gasteiger partial charge in [0.25, 0.3) is 5.91 Å². The van der Waals surface area contributed by atoms with Crippen molar-refractivity contribution < 1.29 is 24.2 Å². The molecular weight excluding hydrogens is 464 g/mol. The van der Waals surface area contributed by atoms with Crippen LogP contribution in [0.15, 0.2) is 46.4 Å². The van der Waals surface area contributed by atoms with E-state index in [0.717, 1.165) is 0 Å². The highest BCUT2D eigenvalue weighted by molar-refractivity contribution is 9.10. The monoisotopic (exact) mass is 478 g/mol. The van der Waals surface area contributed by atoms with Gasteiger partial charge in [0.1, 0.15) is 11.6 Å². The third-order valence-corrected chi connectivity index (χ3v) is 4.29. The van der Waals surface area contributed by atoms with E-state index in [2.05, 4.69) is 21.2 Å². The first-order valence-corrected chi connectivity index (χ1v) is 9.50. The Hall–Kier alpha value is -3.02. The number of hydrogen-bond donors (Lipinski definition) is 2. The minimum absolute atomic E-state index is 0.131. The van der Waals surface area contributed by atoms with Crippen molar-refractivity contribution >= 4 is 51.2 Å². The number of carboxylic acid groups (broad SMARTS) is 1. The lowest BCUT2D eigenvalue weighted by Gasteiger charge is -2.13. The van der Waals surface area contributed by atoms with Gasteiger partial charge in [-0.1, -0.05) is 11.6 Å². The summed E-state index contributed by atoms with van der Waals surface area (Å²) in [4.78, 5) is 23.2. The van der Waals surface area contributed by atoms with Crippen molar-refractivity contribution in [3.63, 3.8) is 0 Å². The zero-order valence-electron chi connectivity index (χ0n) is 15.2. The molecule has 0 bridgehead atoms. The van der Waals surface area contributed by atoms with Crippen molar-refractivity contribution in [2.45, 2.75) is 6.92 Å². The van der Waals surface area contributed by atoms with E-state index in [4.69, 9.17) is 26.2 Å². The van der Waals surface area contributed by atoms with Gasteiger partial charge in [-0.2, -0.15) is 5.26 Å². The van der Waals surface area contributed by atoms with Crippen LogP contribution < -0.4 is 14.8 Å². The summed E-state index contributed by atoms with van der Waals surface area (Å²) < 4.78 is 11.2. The van der Waals surface area contributed by atoms with Gasteiger partial charge in [0, 0.05) is 10.7 Å². The number of carbonyl (C=O) groups is 2. The van der Waals surface area contributed by atoms with Crippen LogP contribution in [0.3, 0.4) is 0 Å². The van der Waals surface area contributed by atoms with Gasteiger partial charge in [0.15, 0.2) is 18.1 Å². The molecule has 0 saturated heterocycles. The second-order valence-electron chi connectivity index (χ2n) is 5.58. The third-order valence-electron chi connectivity index (χ3n) is 3.45. The standard InChI is InChI=1S/C20H16BrClN2O5/c1-2-28-17-9-12(8-16(21)19(17)29-11-18(25)26)7-13(10-23)20(27)24-15-5-3-14(22)4-6-15/h3-9H,2,11H2,1H3,(H,24,27)(H,25,26)/b13-7+. The molecule has 0 heterocycles. The molecule has 2 aromatic rings. The smallest absolute Gasteiger partial charge is 0.341 e. The fourth-order valence-corrected chi connectivity index (χ4v) is 2.96. The van der Waals surface area contributed by atoms with E-state index in [1.807, 2.05) is 6.07 Å². The lowest BCUT2D eigenvalue weighted by atomic mass is 10.1. The molecule has 7 nitrogen and oxygen atoms in total. The molecule has 0 aliphatic heterocycles. The SMILES string of the molecule is CCOc1cc(/C=C(\C#N)C(=O)Nc2ccc(Cl)cc2)cc(Br)c1OCC(=O)O. The van der Waals surface area contributed by atoms with Gasteiger partial charge in [-0.05, 0) is 70.9 Å². The molecule has 2 rings (SSSR count). The van der Waals surface area contributed by atoms with Gasteiger partial charge in [0.05, 0.1) is 11.1 Å². The first-order chi connectivity index (χ1) is 13.8. The Kier molecular flexibility index (Phi) is 8.07. The molecule has 0 aromatic heterocycles. The number of hydrogen-bond acceptors (Lipinski definition) is 5. The lowest BCUT2D eigenvalue weighted by Crippen LogP contribution is -2.13. The van der Waals surface area contributed by atoms with Gasteiger partial charge in [-0.25, -0.2) is 4.79 Å². The summed E-state index contributed by atoms with van der Waals surface area (Å²) in [6.07, 6.45) is 1.39. The highest BCUT2D eigenvalue weighted by atomic mass is 79.9. The summed E-state index contributed by atoms with van der Waals surface area (Å²) in [7, 11) is 0. The van der Waals surface area contributed by atoms with Gasteiger partial charge in [-0.3, -0.25) is 4.79 Å². The van der Waals surface area contributed by atoms with E-state index in [1.54, 1.807) is 43.3 Å². The summed E-state index contributed by atoms with van der Waals surface area (Å²) >= 11 is 9.12. The summed E-state index contributed by atoms with van der Waals surface area (Å²) in [6.45, 7) is 1.53. The number of rotatable bonds is 8. The predicted molar refractivity (Wildman–Crippen MR) is 112 cm³/mol. The molecule has 0 unspecified atom stereocenters. The number of benzene rings is 2. The van der Waals surface area contributed by atoms with Crippen LogP contribution in [0, 0.1) is 11.3 Å². The van der Waals surface area contributed by atoms with Crippen LogP contribution in [0.25, 0.3) is 6.08 Å². The van der Waals surface area contributed by atoms with E-state index in [-0.39, 0.29) is 17.1 Å². The number of halogens is 2. The number of carboxylic acids is 1. The number of aliphatic carboxylic acids is 1. The Morgan fingerprint density at radius 1 is 1.28 bits per heavy atom. The van der Waals surface area contributed by atoms with Gasteiger partial charge < -0.3 is 19.9 Å². The van der Waals surface area contributed by atoms with E-state index in [1.165, 1.54) is 6.08 Å². The molecule has 150 valence electrons. The van der Waals surface area contributed by atoms with Crippen molar-refractivity contribution in [3.8, 4) is 17.6 Å². The Bertz CT molecular complexity index is 984. The van der Waals surface area contributed by atoms with Crippen molar-refractivity contribution in [2.24, 2.45) is 0 Å². The molecule has 9 heteroatoms. The summed E-state index contributed by atoms with van der Waals surface area (Å²) in [5, 5.41) is 21.3. The second-order valence-corrected chi connectivity index (χ2v) is 6.87. The molecular formula is C20H16BrClN2O5. The molecule has 0 fully saturated rings. The van der Waals surface area contributed by atoms with Crippen LogP contribution in [0.5, 0.6) is 11.5 Å². The Labute approximate surface area is 180 Å². The second kappa shape index (κ2) is 10.5. The fourth-order valence-electron chi connectivity index (χ4n) is 2.26. The summed E-state index contributed by atoms with van der Waals surface area (Å²) in [5.74, 6) is -1.22. The summed E-state index contributed by atoms with van der Waals surface area (Å²) in [6, 6.07) is 11.5. The molecule has 0 atom stereocenters. The molecule has 0 aliphatic carbocycles. The zero-order valence-corrected chi connectivity index (χ0v) is 17.6. The molecule has 0 radical (unpaired) electrons. The first kappa shape index (κ1) is 22.3. The number of anilines is 1. The van der Waals surface area contributed by atoms with Crippen molar-refractivity contribution in [3.05, 3.63) is 57.0 Å². The zero-order chi connectivity index (χ0) is 21.4. The molecule has 0 saturated carbocycles. The average Bonchev–Trinajstić information content (AvgIpc) is 2.67. The molecule has 0 spiro atoms. The lowest BCUT2D eigenvalue weighted by molar-refractivity contribution is -0.139. The topological polar surface area (TPSA) is 109 Å². The predicted octanol–water partition coefficient (Wildman–Crippen LogP) is 4.51. The minimum Gasteiger partial charge on any atom is -0.490 e. The van der Waals surface area contributed by atoms with E-state index >= 15 is 0 Å². The highest BCUT2D eigenvalue weighted by Gasteiger charge is 2.15. The molecule has 1 amide bonds. The molecule has 0 aliphatic rings. The van der Waals surface area contributed by atoms with Crippen molar-refractivity contribution in [1.82, 2.24) is 0 Å². The average molecular weight is 480 g/mol. The van der Waals surface area contributed by atoms with E-state index in [9.17, 15) is 14.9 Å². The first-order valence-electron chi connectivity index (χ1n) is 8.33. The van der Waals surface area contributed by atoms with E-state index in [0.29, 0.717) is 27.4 Å². The van der Waals surface area contributed by atoms with Gasteiger partial charge >= 0.3 is 5.97 Å². The number of nitriles is 1. The maximum atomic E-state index is 12.4. The van der Waals surface area contributed by atoms with Gasteiger partial charge in [0.2, 0.25) is 0 Å². The quantitative estimate of drug-likeness (QED) is 0.426. The van der Waals surface area contributed by atoms with Crippen LogP contribution in [0.4, 0.5) is 5.69 Å². The normalized spacial score (nSPS) is 10.8.